The zero-order valence-electron chi connectivity index (χ0n) is 10.0. The Morgan fingerprint density at radius 2 is 2.06 bits per heavy atom. The van der Waals surface area contributed by atoms with Crippen LogP contribution in [0, 0.1) is 6.92 Å². The quantitative estimate of drug-likeness (QED) is 0.805. The first-order valence-electron chi connectivity index (χ1n) is 5.55. The van der Waals surface area contributed by atoms with Crippen molar-refractivity contribution in [2.45, 2.75) is 33.4 Å². The van der Waals surface area contributed by atoms with Gasteiger partial charge in [0, 0.05) is 22.6 Å². The monoisotopic (exact) mass is 218 g/mol. The summed E-state index contributed by atoms with van der Waals surface area (Å²) >= 11 is 0. The molecule has 0 saturated heterocycles. The summed E-state index contributed by atoms with van der Waals surface area (Å²) in [5.74, 6) is 5.08. The number of hydrogen-bond acceptors (Lipinski definition) is 2. The molecular weight excluding hydrogens is 200 g/mol. The zero-order valence-corrected chi connectivity index (χ0v) is 10.0. The van der Waals surface area contributed by atoms with Crippen LogP contribution >= 0.6 is 0 Å². The summed E-state index contributed by atoms with van der Waals surface area (Å²) in [5.41, 5.74) is 3.67. The normalized spacial score (nSPS) is 11.6. The van der Waals surface area contributed by atoms with E-state index in [9.17, 15) is 0 Å². The molecule has 86 valence electrons. The van der Waals surface area contributed by atoms with Crippen LogP contribution in [0.5, 0.6) is 0 Å². The van der Waals surface area contributed by atoms with Crippen LogP contribution in [0.4, 0.5) is 0 Å². The van der Waals surface area contributed by atoms with E-state index in [2.05, 4.69) is 54.4 Å². The molecule has 2 aromatic rings. The van der Waals surface area contributed by atoms with Gasteiger partial charge in [-0.25, -0.2) is 5.90 Å². The molecule has 0 saturated carbocycles. The maximum atomic E-state index is 5.08. The van der Waals surface area contributed by atoms with Gasteiger partial charge in [0.2, 0.25) is 0 Å². The molecular formula is C13H18N2O. The van der Waals surface area contributed by atoms with Crippen molar-refractivity contribution in [2.75, 3.05) is 0 Å². The highest BCUT2D eigenvalue weighted by atomic mass is 16.6. The Bertz CT molecular complexity index is 500. The van der Waals surface area contributed by atoms with Crippen LogP contribution in [-0.4, -0.2) is 4.57 Å². The molecule has 0 fully saturated rings. The van der Waals surface area contributed by atoms with Crippen molar-refractivity contribution < 1.29 is 4.84 Å². The van der Waals surface area contributed by atoms with Crippen LogP contribution in [0.3, 0.4) is 0 Å². The lowest BCUT2D eigenvalue weighted by molar-refractivity contribution is 0.124. The molecule has 0 amide bonds. The topological polar surface area (TPSA) is 40.2 Å². The molecule has 1 heterocycles. The molecule has 1 aromatic heterocycles. The highest BCUT2D eigenvalue weighted by molar-refractivity contribution is 5.82. The summed E-state index contributed by atoms with van der Waals surface area (Å²) in [5, 5.41) is 1.25. The number of hydrogen-bond donors (Lipinski definition) is 1. The second-order valence-corrected chi connectivity index (χ2v) is 4.45. The van der Waals surface area contributed by atoms with Crippen molar-refractivity contribution >= 4 is 10.9 Å². The fourth-order valence-electron chi connectivity index (χ4n) is 2.30. The van der Waals surface area contributed by atoms with Gasteiger partial charge in [0.05, 0.1) is 6.61 Å². The van der Waals surface area contributed by atoms with Crippen LogP contribution < -0.4 is 5.90 Å². The van der Waals surface area contributed by atoms with E-state index in [0.29, 0.717) is 12.6 Å². The predicted molar refractivity (Wildman–Crippen MR) is 66.0 cm³/mol. The number of aromatic nitrogens is 1. The average Bonchev–Trinajstić information content (AvgIpc) is 2.53. The highest BCUT2D eigenvalue weighted by Crippen LogP contribution is 2.24. The van der Waals surface area contributed by atoms with Crippen LogP contribution in [0.2, 0.25) is 0 Å². The highest BCUT2D eigenvalue weighted by Gasteiger charge is 2.08. The summed E-state index contributed by atoms with van der Waals surface area (Å²) in [6.45, 7) is 6.99. The number of benzene rings is 1. The molecule has 0 unspecified atom stereocenters. The summed E-state index contributed by atoms with van der Waals surface area (Å²) < 4.78 is 2.34. The van der Waals surface area contributed by atoms with Gasteiger partial charge < -0.3 is 4.57 Å². The van der Waals surface area contributed by atoms with Crippen LogP contribution in [0.1, 0.15) is 31.1 Å². The van der Waals surface area contributed by atoms with Gasteiger partial charge in [-0.2, -0.15) is 0 Å². The Labute approximate surface area is 95.8 Å². The van der Waals surface area contributed by atoms with Crippen molar-refractivity contribution in [3.8, 4) is 0 Å². The van der Waals surface area contributed by atoms with Gasteiger partial charge in [0.1, 0.15) is 0 Å². The van der Waals surface area contributed by atoms with E-state index in [0.717, 1.165) is 5.56 Å². The van der Waals surface area contributed by atoms with E-state index < -0.39 is 0 Å². The molecule has 3 heteroatoms. The molecule has 0 bridgehead atoms. The molecule has 1 aromatic carbocycles. The second kappa shape index (κ2) is 4.28. The number of fused-ring (bicyclic) bond motifs is 1. The molecule has 0 aliphatic rings. The first-order chi connectivity index (χ1) is 7.63. The lowest BCUT2D eigenvalue weighted by atomic mass is 10.1. The fraction of sp³-hybridized carbons (Fsp3) is 0.385. The number of aryl methyl sites for hydroxylation is 1. The Kier molecular flexibility index (Phi) is 2.99. The largest absolute Gasteiger partial charge is 0.342 e. The molecule has 2 N–H and O–H groups in total. The molecule has 0 radical (unpaired) electrons. The second-order valence-electron chi connectivity index (χ2n) is 4.45. The number of rotatable bonds is 3. The van der Waals surface area contributed by atoms with Gasteiger partial charge in [-0.15, -0.1) is 0 Å². The summed E-state index contributed by atoms with van der Waals surface area (Å²) in [4.78, 5) is 4.65. The zero-order chi connectivity index (χ0) is 11.7. The first kappa shape index (κ1) is 11.2. The van der Waals surface area contributed by atoms with Gasteiger partial charge in [0.15, 0.2) is 0 Å². The third kappa shape index (κ3) is 1.84. The van der Waals surface area contributed by atoms with E-state index in [4.69, 9.17) is 5.90 Å². The minimum atomic E-state index is 0.460. The molecule has 0 aliphatic carbocycles. The average molecular weight is 218 g/mol. The van der Waals surface area contributed by atoms with Gasteiger partial charge >= 0.3 is 0 Å². The van der Waals surface area contributed by atoms with E-state index in [1.165, 1.54) is 16.6 Å². The SMILES string of the molecule is Cc1cc2cc(CON)ccc2n1C(C)C. The van der Waals surface area contributed by atoms with Crippen molar-refractivity contribution in [3.63, 3.8) is 0 Å². The van der Waals surface area contributed by atoms with Crippen LogP contribution in [-0.2, 0) is 11.4 Å². The maximum Gasteiger partial charge on any atom is 0.0930 e. The molecule has 16 heavy (non-hydrogen) atoms. The minimum Gasteiger partial charge on any atom is -0.342 e. The lowest BCUT2D eigenvalue weighted by Gasteiger charge is -2.12. The van der Waals surface area contributed by atoms with Crippen molar-refractivity contribution in [1.29, 1.82) is 0 Å². The van der Waals surface area contributed by atoms with E-state index in [1.54, 1.807) is 0 Å². The summed E-state index contributed by atoms with van der Waals surface area (Å²) in [7, 11) is 0. The molecule has 0 spiro atoms. The minimum absolute atomic E-state index is 0.460. The Hall–Kier alpha value is -1.32. The number of nitrogens with two attached hydrogens (primary N) is 1. The van der Waals surface area contributed by atoms with Crippen molar-refractivity contribution in [3.05, 3.63) is 35.5 Å². The Morgan fingerprint density at radius 1 is 1.31 bits per heavy atom. The molecule has 0 atom stereocenters. The number of nitrogens with zero attached hydrogens (tertiary/aromatic N) is 1. The lowest BCUT2D eigenvalue weighted by Crippen LogP contribution is -2.02. The van der Waals surface area contributed by atoms with E-state index in [-0.39, 0.29) is 0 Å². The van der Waals surface area contributed by atoms with Gasteiger partial charge in [0.25, 0.3) is 0 Å². The third-order valence-corrected chi connectivity index (χ3v) is 2.86. The molecule has 2 rings (SSSR count). The Morgan fingerprint density at radius 3 is 2.69 bits per heavy atom. The van der Waals surface area contributed by atoms with Crippen molar-refractivity contribution in [2.24, 2.45) is 5.90 Å². The predicted octanol–water partition coefficient (Wildman–Crippen LogP) is 2.92. The Balaban J connectivity index is 2.56. The van der Waals surface area contributed by atoms with Gasteiger partial charge in [-0.1, -0.05) is 6.07 Å². The standard InChI is InChI=1S/C13H18N2O/c1-9(2)15-10(3)6-12-7-11(8-16-14)4-5-13(12)15/h4-7,9H,8,14H2,1-3H3. The van der Waals surface area contributed by atoms with Crippen LogP contribution in [0.15, 0.2) is 24.3 Å². The summed E-state index contributed by atoms with van der Waals surface area (Å²) in [6.07, 6.45) is 0. The van der Waals surface area contributed by atoms with Gasteiger partial charge in [-0.05, 0) is 44.5 Å². The van der Waals surface area contributed by atoms with E-state index in [1.807, 2.05) is 0 Å². The van der Waals surface area contributed by atoms with Crippen molar-refractivity contribution in [1.82, 2.24) is 4.57 Å². The van der Waals surface area contributed by atoms with Gasteiger partial charge in [-0.3, -0.25) is 4.84 Å². The maximum absolute atomic E-state index is 5.08. The third-order valence-electron chi connectivity index (χ3n) is 2.86. The fourth-order valence-corrected chi connectivity index (χ4v) is 2.30. The smallest absolute Gasteiger partial charge is 0.0930 e. The van der Waals surface area contributed by atoms with E-state index >= 15 is 0 Å². The molecule has 0 aliphatic heterocycles. The summed E-state index contributed by atoms with van der Waals surface area (Å²) in [6, 6.07) is 9.02. The molecule has 3 nitrogen and oxygen atoms in total. The first-order valence-corrected chi connectivity index (χ1v) is 5.55. The van der Waals surface area contributed by atoms with Crippen LogP contribution in [0.25, 0.3) is 10.9 Å².